The van der Waals surface area contributed by atoms with Crippen molar-refractivity contribution in [3.05, 3.63) is 18.2 Å². The fraction of sp³-hybridized carbons (Fsp3) is 0.800. The lowest BCUT2D eigenvalue weighted by Crippen LogP contribution is -2.18. The zero-order valence-electron chi connectivity index (χ0n) is 12.5. The number of aryl methyl sites for hydroxylation is 1. The first-order chi connectivity index (χ1) is 9.36. The van der Waals surface area contributed by atoms with Gasteiger partial charge in [-0.2, -0.15) is 0 Å². The maximum atomic E-state index is 4.99. The van der Waals surface area contributed by atoms with Crippen molar-refractivity contribution in [3.63, 3.8) is 0 Å². The molecule has 1 N–H and O–H groups in total. The van der Waals surface area contributed by atoms with Gasteiger partial charge in [-0.1, -0.05) is 39.0 Å². The van der Waals surface area contributed by atoms with Crippen molar-refractivity contribution in [1.82, 2.24) is 14.9 Å². The van der Waals surface area contributed by atoms with Crippen LogP contribution >= 0.6 is 0 Å². The number of hydrogen-bond donors (Lipinski definition) is 1. The summed E-state index contributed by atoms with van der Waals surface area (Å²) in [5, 5.41) is 3.31. The van der Waals surface area contributed by atoms with E-state index in [2.05, 4.69) is 28.0 Å². The quantitative estimate of drug-likeness (QED) is 0.592. The van der Waals surface area contributed by atoms with Gasteiger partial charge in [0, 0.05) is 32.9 Å². The number of imidazole rings is 1. The lowest BCUT2D eigenvalue weighted by molar-refractivity contribution is 0.199. The molecule has 19 heavy (non-hydrogen) atoms. The molecule has 0 bridgehead atoms. The molecule has 4 heteroatoms. The monoisotopic (exact) mass is 267 g/mol. The van der Waals surface area contributed by atoms with E-state index in [1.165, 1.54) is 38.5 Å². The maximum absolute atomic E-state index is 4.99. The van der Waals surface area contributed by atoms with Crippen molar-refractivity contribution < 1.29 is 4.74 Å². The van der Waals surface area contributed by atoms with Crippen LogP contribution in [0.4, 0.5) is 0 Å². The summed E-state index contributed by atoms with van der Waals surface area (Å²) in [6.45, 7) is 5.80. The summed E-state index contributed by atoms with van der Waals surface area (Å²) >= 11 is 0. The molecular formula is C15H29N3O. The molecule has 1 heterocycles. The normalized spacial score (nSPS) is 11.1. The number of nitrogens with one attached hydrogen (secondary N) is 1. The lowest BCUT2D eigenvalue weighted by Gasteiger charge is -2.02. The minimum Gasteiger partial charge on any atom is -0.383 e. The van der Waals surface area contributed by atoms with Crippen LogP contribution in [0.15, 0.2) is 12.5 Å². The maximum Gasteiger partial charge on any atom is 0.0949 e. The van der Waals surface area contributed by atoms with E-state index in [-0.39, 0.29) is 0 Å². The number of nitrogens with zero attached hydrogens (tertiary/aromatic N) is 2. The van der Waals surface area contributed by atoms with Crippen molar-refractivity contribution in [1.29, 1.82) is 0 Å². The average molecular weight is 267 g/mol. The first kappa shape index (κ1) is 16.2. The van der Waals surface area contributed by atoms with E-state index in [0.29, 0.717) is 0 Å². The molecular weight excluding hydrogens is 238 g/mol. The molecule has 0 radical (unpaired) electrons. The number of ether oxygens (including phenoxy) is 1. The van der Waals surface area contributed by atoms with Crippen LogP contribution in [0.25, 0.3) is 0 Å². The summed E-state index contributed by atoms with van der Waals surface area (Å²) in [4.78, 5) is 4.40. The molecule has 0 aliphatic carbocycles. The molecule has 0 spiro atoms. The molecule has 0 atom stereocenters. The largest absolute Gasteiger partial charge is 0.383 e. The van der Waals surface area contributed by atoms with Crippen molar-refractivity contribution in [2.24, 2.45) is 0 Å². The van der Waals surface area contributed by atoms with Crippen molar-refractivity contribution >= 4 is 0 Å². The van der Waals surface area contributed by atoms with E-state index in [4.69, 9.17) is 4.74 Å². The summed E-state index contributed by atoms with van der Waals surface area (Å²) in [5.74, 6) is 0. The first-order valence-electron chi connectivity index (χ1n) is 7.57. The van der Waals surface area contributed by atoms with Crippen LogP contribution in [0.5, 0.6) is 0 Å². The number of aromatic nitrogens is 2. The third kappa shape index (κ3) is 8.01. The van der Waals surface area contributed by atoms with E-state index in [0.717, 1.165) is 31.9 Å². The Labute approximate surface area is 117 Å². The number of rotatable bonds is 12. The molecule has 4 nitrogen and oxygen atoms in total. The van der Waals surface area contributed by atoms with Gasteiger partial charge < -0.3 is 14.6 Å². The third-order valence-corrected chi connectivity index (χ3v) is 3.25. The molecule has 0 fully saturated rings. The highest BCUT2D eigenvalue weighted by Gasteiger charge is 1.98. The molecule has 0 aliphatic heterocycles. The van der Waals surface area contributed by atoms with E-state index >= 15 is 0 Å². The number of unbranched alkanes of at least 4 members (excludes halogenated alkanes) is 5. The molecule has 1 aromatic heterocycles. The average Bonchev–Trinajstić information content (AvgIpc) is 2.87. The highest BCUT2D eigenvalue weighted by atomic mass is 16.5. The summed E-state index contributed by atoms with van der Waals surface area (Å²) in [7, 11) is 1.72. The van der Waals surface area contributed by atoms with Gasteiger partial charge in [0.25, 0.3) is 0 Å². The molecule has 0 aliphatic rings. The van der Waals surface area contributed by atoms with E-state index in [9.17, 15) is 0 Å². The fourth-order valence-electron chi connectivity index (χ4n) is 2.09. The second kappa shape index (κ2) is 11.0. The van der Waals surface area contributed by atoms with Crippen LogP contribution < -0.4 is 5.32 Å². The zero-order chi connectivity index (χ0) is 13.8. The standard InChI is InChI=1S/C15H29N3O/c1-3-4-5-6-7-8-10-18-13-15(17-14-18)12-16-9-11-19-2/h13-14,16H,3-12H2,1-2H3. The van der Waals surface area contributed by atoms with Crippen LogP contribution in [0.3, 0.4) is 0 Å². The van der Waals surface area contributed by atoms with Gasteiger partial charge in [-0.3, -0.25) is 0 Å². The smallest absolute Gasteiger partial charge is 0.0949 e. The van der Waals surface area contributed by atoms with E-state index in [1.807, 2.05) is 6.33 Å². The number of methoxy groups -OCH3 is 1. The first-order valence-corrected chi connectivity index (χ1v) is 7.57. The SMILES string of the molecule is CCCCCCCCn1cnc(CNCCOC)c1. The summed E-state index contributed by atoms with van der Waals surface area (Å²) in [6.07, 6.45) is 12.1. The van der Waals surface area contributed by atoms with Crippen LogP contribution in [0.1, 0.15) is 51.1 Å². The van der Waals surface area contributed by atoms with Crippen molar-refractivity contribution in [2.45, 2.75) is 58.5 Å². The minimum atomic E-state index is 0.748. The van der Waals surface area contributed by atoms with Crippen molar-refractivity contribution in [2.75, 3.05) is 20.3 Å². The Morgan fingerprint density at radius 3 is 2.79 bits per heavy atom. The second-order valence-corrected chi connectivity index (χ2v) is 5.04. The van der Waals surface area contributed by atoms with E-state index < -0.39 is 0 Å². The van der Waals surface area contributed by atoms with Crippen LogP contribution in [0, 0.1) is 0 Å². The summed E-state index contributed by atoms with van der Waals surface area (Å²) < 4.78 is 7.19. The van der Waals surface area contributed by atoms with Crippen LogP contribution in [0.2, 0.25) is 0 Å². The van der Waals surface area contributed by atoms with Gasteiger partial charge in [0.15, 0.2) is 0 Å². The number of hydrogen-bond acceptors (Lipinski definition) is 3. The van der Waals surface area contributed by atoms with E-state index in [1.54, 1.807) is 7.11 Å². The Hall–Kier alpha value is -0.870. The molecule has 110 valence electrons. The minimum absolute atomic E-state index is 0.748. The Morgan fingerprint density at radius 1 is 1.21 bits per heavy atom. The Kier molecular flexibility index (Phi) is 9.37. The van der Waals surface area contributed by atoms with Gasteiger partial charge in [0.1, 0.15) is 0 Å². The second-order valence-electron chi connectivity index (χ2n) is 5.04. The highest BCUT2D eigenvalue weighted by Crippen LogP contribution is 2.06. The predicted octanol–water partition coefficient (Wildman–Crippen LogP) is 2.98. The fourth-order valence-corrected chi connectivity index (χ4v) is 2.09. The summed E-state index contributed by atoms with van der Waals surface area (Å²) in [5.41, 5.74) is 1.11. The molecule has 0 saturated carbocycles. The van der Waals surface area contributed by atoms with Crippen molar-refractivity contribution in [3.8, 4) is 0 Å². The third-order valence-electron chi connectivity index (χ3n) is 3.25. The Balaban J connectivity index is 2.06. The van der Waals surface area contributed by atoms with Crippen LogP contribution in [-0.2, 0) is 17.8 Å². The molecule has 1 aromatic rings. The van der Waals surface area contributed by atoms with Gasteiger partial charge in [0.2, 0.25) is 0 Å². The van der Waals surface area contributed by atoms with Gasteiger partial charge in [-0.25, -0.2) is 4.98 Å². The van der Waals surface area contributed by atoms with Gasteiger partial charge in [-0.05, 0) is 6.42 Å². The zero-order valence-corrected chi connectivity index (χ0v) is 12.5. The molecule has 0 unspecified atom stereocenters. The summed E-state index contributed by atoms with van der Waals surface area (Å²) in [6, 6.07) is 0. The molecule has 0 amide bonds. The topological polar surface area (TPSA) is 39.1 Å². The van der Waals surface area contributed by atoms with Gasteiger partial charge in [-0.15, -0.1) is 0 Å². The lowest BCUT2D eigenvalue weighted by atomic mass is 10.1. The van der Waals surface area contributed by atoms with Gasteiger partial charge >= 0.3 is 0 Å². The Bertz CT molecular complexity index is 312. The molecule has 0 aromatic carbocycles. The molecule has 1 rings (SSSR count). The van der Waals surface area contributed by atoms with Gasteiger partial charge in [0.05, 0.1) is 18.6 Å². The predicted molar refractivity (Wildman–Crippen MR) is 79.2 cm³/mol. The molecule has 0 saturated heterocycles. The van der Waals surface area contributed by atoms with Crippen LogP contribution in [-0.4, -0.2) is 29.8 Å². The highest BCUT2D eigenvalue weighted by molar-refractivity contribution is 4.95. The Morgan fingerprint density at radius 2 is 2.00 bits per heavy atom.